The van der Waals surface area contributed by atoms with E-state index in [4.69, 9.17) is 4.74 Å². The van der Waals surface area contributed by atoms with Gasteiger partial charge in [0.05, 0.1) is 9.86 Å². The predicted molar refractivity (Wildman–Crippen MR) is 59.0 cm³/mol. The van der Waals surface area contributed by atoms with Gasteiger partial charge < -0.3 is 9.64 Å². The van der Waals surface area contributed by atoms with Gasteiger partial charge in [-0.2, -0.15) is 0 Å². The summed E-state index contributed by atoms with van der Waals surface area (Å²) in [7, 11) is 1.62. The number of hydrogen-bond acceptors (Lipinski definition) is 4. The number of rotatable bonds is 2. The molecule has 1 rings (SSSR count). The van der Waals surface area contributed by atoms with Gasteiger partial charge in [-0.25, -0.2) is 4.79 Å². The lowest BCUT2D eigenvalue weighted by atomic mass is 10.3. The molecule has 1 aliphatic heterocycles. The van der Waals surface area contributed by atoms with Crippen molar-refractivity contribution in [2.24, 2.45) is 0 Å². The topological polar surface area (TPSA) is 46.6 Å². The van der Waals surface area contributed by atoms with Crippen molar-refractivity contribution < 1.29 is 14.3 Å². The molecule has 0 aromatic heterocycles. The number of hydrogen-bond donors (Lipinski definition) is 0. The molecule has 0 N–H and O–H groups in total. The maximum Gasteiger partial charge on any atom is 0.330 e. The largest absolute Gasteiger partial charge is 0.464 e. The third kappa shape index (κ3) is 2.28. The number of alkyl halides is 1. The zero-order valence-corrected chi connectivity index (χ0v) is 10.3. The number of carbonyl (C=O) groups is 2. The van der Waals surface area contributed by atoms with Gasteiger partial charge in [0.15, 0.2) is 6.04 Å². The van der Waals surface area contributed by atoms with Crippen molar-refractivity contribution in [3.05, 3.63) is 0 Å². The number of esters is 1. The third-order valence-corrected chi connectivity index (χ3v) is 4.11. The van der Waals surface area contributed by atoms with Gasteiger partial charge >= 0.3 is 5.97 Å². The van der Waals surface area contributed by atoms with E-state index in [1.807, 2.05) is 0 Å². The molecule has 1 aliphatic rings. The Morgan fingerprint density at radius 2 is 2.38 bits per heavy atom. The Labute approximate surface area is 94.5 Å². The minimum absolute atomic E-state index is 0.0471. The molecule has 0 saturated carbocycles. The molecule has 1 saturated heterocycles. The highest BCUT2D eigenvalue weighted by molar-refractivity contribution is 14.1. The molecule has 6 heteroatoms. The second kappa shape index (κ2) is 4.50. The summed E-state index contributed by atoms with van der Waals surface area (Å²) in [6.07, 6.45) is 0. The smallest absolute Gasteiger partial charge is 0.330 e. The van der Waals surface area contributed by atoms with Gasteiger partial charge in [0, 0.05) is 7.05 Å². The van der Waals surface area contributed by atoms with E-state index in [1.54, 1.807) is 14.0 Å². The first kappa shape index (κ1) is 11.1. The predicted octanol–water partition coefficient (Wildman–Crippen LogP) is 1.48. The molecule has 0 spiro atoms. The van der Waals surface area contributed by atoms with Crippen molar-refractivity contribution in [3.63, 3.8) is 0 Å². The first-order valence-corrected chi connectivity index (χ1v) is 5.94. The van der Waals surface area contributed by atoms with E-state index in [9.17, 15) is 9.59 Å². The van der Waals surface area contributed by atoms with Crippen LogP contribution in [-0.2, 0) is 9.53 Å². The van der Waals surface area contributed by atoms with Crippen molar-refractivity contribution in [3.8, 4) is 0 Å². The van der Waals surface area contributed by atoms with Crippen molar-refractivity contribution in [2.45, 2.75) is 16.2 Å². The van der Waals surface area contributed by atoms with Crippen LogP contribution in [0.15, 0.2) is 0 Å². The highest BCUT2D eigenvalue weighted by Gasteiger charge is 2.42. The van der Waals surface area contributed by atoms with Crippen LogP contribution in [0.5, 0.6) is 0 Å². The number of nitrogens with zero attached hydrogens (tertiary/aromatic N) is 1. The van der Waals surface area contributed by atoms with Crippen molar-refractivity contribution in [1.82, 2.24) is 4.90 Å². The summed E-state index contributed by atoms with van der Waals surface area (Å²) < 4.78 is 4.82. The normalized spacial score (nSPS) is 27.9. The van der Waals surface area contributed by atoms with Gasteiger partial charge in [-0.15, -0.1) is 0 Å². The lowest BCUT2D eigenvalue weighted by Crippen LogP contribution is -2.39. The standard InChI is InChI=1S/C7H10INO3S/c1-3-12-6(10)4-5(8)13-7(11)9(4)2/h4-5H,3H2,1-2H3. The van der Waals surface area contributed by atoms with Crippen LogP contribution in [0.3, 0.4) is 0 Å². The van der Waals surface area contributed by atoms with Crippen LogP contribution < -0.4 is 0 Å². The fourth-order valence-electron chi connectivity index (χ4n) is 1.03. The van der Waals surface area contributed by atoms with Gasteiger partial charge in [0.25, 0.3) is 5.24 Å². The molecular formula is C7H10INO3S. The molecule has 0 aliphatic carbocycles. The van der Waals surface area contributed by atoms with Crippen LogP contribution in [-0.4, -0.2) is 39.1 Å². The lowest BCUT2D eigenvalue weighted by Gasteiger charge is -2.18. The van der Waals surface area contributed by atoms with E-state index >= 15 is 0 Å². The van der Waals surface area contributed by atoms with Crippen molar-refractivity contribution >= 4 is 45.6 Å². The van der Waals surface area contributed by atoms with Gasteiger partial charge in [0.2, 0.25) is 0 Å². The van der Waals surface area contributed by atoms with Crippen LogP contribution >= 0.6 is 34.4 Å². The molecule has 0 bridgehead atoms. The number of carbonyl (C=O) groups excluding carboxylic acids is 2. The summed E-state index contributed by atoms with van der Waals surface area (Å²) in [6.45, 7) is 2.11. The van der Waals surface area contributed by atoms with E-state index in [2.05, 4.69) is 22.6 Å². The molecule has 1 fully saturated rings. The van der Waals surface area contributed by atoms with Crippen LogP contribution in [0.4, 0.5) is 4.79 Å². The van der Waals surface area contributed by atoms with E-state index in [-0.39, 0.29) is 14.5 Å². The first-order chi connectivity index (χ1) is 6.07. The summed E-state index contributed by atoms with van der Waals surface area (Å²) >= 11 is 3.24. The second-order valence-electron chi connectivity index (χ2n) is 2.54. The Bertz CT molecular complexity index is 236. The number of ether oxygens (including phenoxy) is 1. The molecule has 0 aromatic rings. The average molecular weight is 315 g/mol. The molecule has 4 nitrogen and oxygen atoms in total. The maximum atomic E-state index is 11.4. The van der Waals surface area contributed by atoms with Crippen LogP contribution in [0, 0.1) is 0 Å². The van der Waals surface area contributed by atoms with Crippen LogP contribution in [0.25, 0.3) is 0 Å². The summed E-state index contributed by atoms with van der Waals surface area (Å²) in [5.41, 5.74) is 0. The fourth-order valence-corrected chi connectivity index (χ4v) is 3.35. The van der Waals surface area contributed by atoms with Crippen LogP contribution in [0.1, 0.15) is 6.92 Å². The molecule has 0 aromatic carbocycles. The molecule has 1 heterocycles. The first-order valence-electron chi connectivity index (χ1n) is 3.82. The van der Waals surface area contributed by atoms with Crippen molar-refractivity contribution in [2.75, 3.05) is 13.7 Å². The zero-order valence-electron chi connectivity index (χ0n) is 7.32. The van der Waals surface area contributed by atoms with E-state index in [0.29, 0.717) is 6.61 Å². The van der Waals surface area contributed by atoms with Gasteiger partial charge in [0.1, 0.15) is 0 Å². The monoisotopic (exact) mass is 315 g/mol. The molecule has 0 radical (unpaired) electrons. The zero-order chi connectivity index (χ0) is 10.0. The van der Waals surface area contributed by atoms with Gasteiger partial charge in [-0.05, 0) is 18.7 Å². The molecule has 74 valence electrons. The quantitative estimate of drug-likeness (QED) is 0.440. The number of thioether (sulfide) groups is 1. The maximum absolute atomic E-state index is 11.4. The average Bonchev–Trinajstić information content (AvgIpc) is 2.27. The number of halogens is 1. The van der Waals surface area contributed by atoms with Gasteiger partial charge in [-0.3, -0.25) is 4.79 Å². The summed E-state index contributed by atoms with van der Waals surface area (Å²) in [6, 6.07) is -0.432. The Balaban J connectivity index is 2.68. The van der Waals surface area contributed by atoms with Gasteiger partial charge in [-0.1, -0.05) is 22.6 Å². The van der Waals surface area contributed by atoms with E-state index in [0.717, 1.165) is 11.8 Å². The summed E-state index contributed by atoms with van der Waals surface area (Å²) in [5, 5.41) is -0.0718. The molecular weight excluding hydrogens is 305 g/mol. The Hall–Kier alpha value is 0.0200. The van der Waals surface area contributed by atoms with Crippen molar-refractivity contribution in [1.29, 1.82) is 0 Å². The lowest BCUT2D eigenvalue weighted by molar-refractivity contribution is -0.146. The van der Waals surface area contributed by atoms with E-state index < -0.39 is 6.04 Å². The molecule has 2 atom stereocenters. The molecule has 13 heavy (non-hydrogen) atoms. The minimum Gasteiger partial charge on any atom is -0.464 e. The van der Waals surface area contributed by atoms with Crippen LogP contribution in [0.2, 0.25) is 0 Å². The second-order valence-corrected chi connectivity index (χ2v) is 5.82. The van der Waals surface area contributed by atoms with E-state index in [1.165, 1.54) is 4.90 Å². The number of likely N-dealkylation sites (N-methyl/N-ethyl adjacent to an activating group) is 1. The summed E-state index contributed by atoms with van der Waals surface area (Å²) in [4.78, 5) is 24.0. The Morgan fingerprint density at radius 3 is 2.77 bits per heavy atom. The minimum atomic E-state index is -0.432. The highest BCUT2D eigenvalue weighted by Crippen LogP contribution is 2.35. The third-order valence-electron chi connectivity index (χ3n) is 1.69. The number of amides is 1. The SMILES string of the molecule is CCOC(=O)C1C(I)SC(=O)N1C. The summed E-state index contributed by atoms with van der Waals surface area (Å²) in [5.74, 6) is -0.317. The Morgan fingerprint density at radius 1 is 1.77 bits per heavy atom. The highest BCUT2D eigenvalue weighted by atomic mass is 127. The fraction of sp³-hybridized carbons (Fsp3) is 0.714. The Kier molecular flexibility index (Phi) is 3.84. The molecule has 2 unspecified atom stereocenters. The molecule has 1 amide bonds.